The van der Waals surface area contributed by atoms with Gasteiger partial charge < -0.3 is 35.1 Å². The number of hydrogen-bond donors (Lipinski definition) is 4. The van der Waals surface area contributed by atoms with Crippen LogP contribution in [0.15, 0.2) is 41.5 Å². The Bertz CT molecular complexity index is 1890. The van der Waals surface area contributed by atoms with Gasteiger partial charge in [0.05, 0.1) is 57.8 Å². The number of aromatic amines is 2. The number of aromatic nitrogens is 4. The van der Waals surface area contributed by atoms with Gasteiger partial charge >= 0.3 is 0 Å². The van der Waals surface area contributed by atoms with Gasteiger partial charge in [-0.2, -0.15) is 0 Å². The van der Waals surface area contributed by atoms with Crippen LogP contribution in [0.5, 0.6) is 0 Å². The number of fused-ring (bicyclic) bond motifs is 2. The molecule has 6 heterocycles. The predicted molar refractivity (Wildman–Crippen MR) is 219 cm³/mol. The molecule has 1 atom stereocenters. The molecule has 0 aliphatic carbocycles. The van der Waals surface area contributed by atoms with Gasteiger partial charge in [-0.3, -0.25) is 19.2 Å². The van der Waals surface area contributed by atoms with E-state index in [0.29, 0.717) is 13.0 Å². The number of carbonyl (C=O) groups is 4. The number of nitrogens with one attached hydrogen (secondary N) is 4. The van der Waals surface area contributed by atoms with Gasteiger partial charge in [0.15, 0.2) is 0 Å². The highest BCUT2D eigenvalue weighted by atomic mass is 32.1. The molecule has 2 fully saturated rings. The number of ether oxygens (including phenoxy) is 1. The van der Waals surface area contributed by atoms with E-state index in [0.717, 1.165) is 72.5 Å². The average Bonchev–Trinajstić information content (AvgIpc) is 4.01. The van der Waals surface area contributed by atoms with Gasteiger partial charge in [-0.15, -0.1) is 22.7 Å². The minimum Gasteiger partial charge on any atom is -0.388 e. The van der Waals surface area contributed by atoms with Crippen LogP contribution in [0.1, 0.15) is 85.0 Å². The minimum atomic E-state index is -0.204. The first-order valence-electron chi connectivity index (χ1n) is 18.5. The fraction of sp³-hybridized carbons (Fsp3) is 0.487. The Balaban J connectivity index is 0.000000325. The fourth-order valence-corrected chi connectivity index (χ4v) is 8.30. The molecule has 2 saturated heterocycles. The molecule has 2 aliphatic heterocycles. The van der Waals surface area contributed by atoms with Crippen molar-refractivity contribution in [2.75, 3.05) is 46.9 Å². The number of imidazole rings is 2. The Morgan fingerprint density at radius 1 is 0.907 bits per heavy atom. The molecule has 1 aromatic carbocycles. The Labute approximate surface area is 326 Å². The Kier molecular flexibility index (Phi) is 18.9. The number of amides is 4. The van der Waals surface area contributed by atoms with Crippen molar-refractivity contribution >= 4 is 67.2 Å². The van der Waals surface area contributed by atoms with E-state index in [4.69, 9.17) is 0 Å². The Morgan fingerprint density at radius 2 is 1.56 bits per heavy atom. The highest BCUT2D eigenvalue weighted by molar-refractivity contribution is 7.27. The maximum atomic E-state index is 12.6. The third-order valence-corrected chi connectivity index (χ3v) is 10.2. The van der Waals surface area contributed by atoms with Crippen LogP contribution < -0.4 is 10.6 Å². The fourth-order valence-electron chi connectivity index (χ4n) is 5.88. The molecule has 54 heavy (non-hydrogen) atoms. The van der Waals surface area contributed by atoms with E-state index in [9.17, 15) is 19.2 Å². The number of carbonyl (C=O) groups excluding carboxylic acids is 4. The zero-order valence-electron chi connectivity index (χ0n) is 32.6. The summed E-state index contributed by atoms with van der Waals surface area (Å²) in [6.07, 6.45) is 10.6. The molecule has 5 aromatic rings. The van der Waals surface area contributed by atoms with Crippen molar-refractivity contribution in [3.8, 4) is 22.4 Å². The zero-order valence-corrected chi connectivity index (χ0v) is 34.3. The number of thiophene rings is 2. The van der Waals surface area contributed by atoms with E-state index in [1.807, 2.05) is 17.2 Å². The van der Waals surface area contributed by atoms with E-state index < -0.39 is 0 Å². The number of methoxy groups -OCH3 is 1. The van der Waals surface area contributed by atoms with Gasteiger partial charge in [-0.1, -0.05) is 52.7 Å². The van der Waals surface area contributed by atoms with Gasteiger partial charge in [0.1, 0.15) is 5.82 Å². The Morgan fingerprint density at radius 3 is 2.20 bits per heavy atom. The third kappa shape index (κ3) is 12.0. The highest BCUT2D eigenvalue weighted by Crippen LogP contribution is 2.45. The summed E-state index contributed by atoms with van der Waals surface area (Å²) >= 11 is 3.45. The highest BCUT2D eigenvalue weighted by Gasteiger charge is 2.32. The van der Waals surface area contributed by atoms with E-state index >= 15 is 0 Å². The summed E-state index contributed by atoms with van der Waals surface area (Å²) in [5, 5.41) is 9.32. The van der Waals surface area contributed by atoms with E-state index in [2.05, 4.69) is 85.9 Å². The summed E-state index contributed by atoms with van der Waals surface area (Å²) in [4.78, 5) is 64.2. The number of hydrogen-bond acceptors (Lipinski definition) is 9. The van der Waals surface area contributed by atoms with Crippen LogP contribution in [0.2, 0.25) is 0 Å². The van der Waals surface area contributed by atoms with Gasteiger partial charge in [0.2, 0.25) is 24.1 Å². The standard InChI is InChI=1S/C24H22N6O2S2.C7H12N2O2.2C3H8.C2H6O/c1-13(31)25-9-20(32)30-7-3-6-19(30)24-26-8-18(29-24)16-11-34-22-15(10-33-23(16)22)14-4-2-5-17-21(14)28-12-27-17;10-6-8-5-7(11)9-3-1-2-4-9;3*1-3-2/h2,4-5,8,10-12,19H,3,6-7,9H2,1H3,(H,25,31)(H,26,29)(H,27,28);6H,1-5H2,(H,8,10);2*3H2,1-2H3;1-2H3/t19-;;;;/m0..../s1. The van der Waals surface area contributed by atoms with Crippen LogP contribution in [-0.4, -0.2) is 101 Å². The maximum Gasteiger partial charge on any atom is 0.242 e. The van der Waals surface area contributed by atoms with Crippen LogP contribution in [-0.2, 0) is 23.9 Å². The maximum absolute atomic E-state index is 12.6. The van der Waals surface area contributed by atoms with Crippen LogP contribution >= 0.6 is 22.7 Å². The number of nitrogens with zero attached hydrogens (tertiary/aromatic N) is 4. The van der Waals surface area contributed by atoms with Crippen LogP contribution in [0.4, 0.5) is 0 Å². The van der Waals surface area contributed by atoms with Gasteiger partial charge in [-0.05, 0) is 31.7 Å². The lowest BCUT2D eigenvalue weighted by Crippen LogP contribution is -2.39. The second-order valence-electron chi connectivity index (χ2n) is 12.8. The molecule has 0 unspecified atom stereocenters. The molecule has 4 N–H and O–H groups in total. The largest absolute Gasteiger partial charge is 0.388 e. The second kappa shape index (κ2) is 23.2. The van der Waals surface area contributed by atoms with E-state index in [1.54, 1.807) is 48.1 Å². The van der Waals surface area contributed by atoms with Crippen molar-refractivity contribution in [3.05, 3.63) is 47.3 Å². The summed E-state index contributed by atoms with van der Waals surface area (Å²) in [6.45, 7) is 12.4. The van der Waals surface area contributed by atoms with Crippen molar-refractivity contribution in [1.82, 2.24) is 40.4 Å². The predicted octanol–water partition coefficient (Wildman–Crippen LogP) is 7.15. The first-order valence-corrected chi connectivity index (χ1v) is 20.3. The topological polar surface area (TPSA) is 165 Å². The van der Waals surface area contributed by atoms with Crippen molar-refractivity contribution in [1.29, 1.82) is 0 Å². The molecule has 294 valence electrons. The molecule has 15 heteroatoms. The van der Waals surface area contributed by atoms with Gasteiger partial charge in [-0.25, -0.2) is 9.97 Å². The molecule has 4 amide bonds. The first kappa shape index (κ1) is 43.8. The first-order chi connectivity index (χ1) is 26.2. The van der Waals surface area contributed by atoms with Crippen molar-refractivity contribution in [2.24, 2.45) is 0 Å². The molecule has 0 radical (unpaired) electrons. The molecule has 0 spiro atoms. The molecular formula is C39H56N8O5S2. The lowest BCUT2D eigenvalue weighted by molar-refractivity contribution is -0.133. The quantitative estimate of drug-likeness (QED) is 0.122. The smallest absolute Gasteiger partial charge is 0.242 e. The SMILES string of the molecule is CC(=O)NCC(=O)N1CCC[C@H]1c1ncc(-c2csc3c(-c4cccc5[nH]cnc45)csc23)[nH]1.CCC.CCC.COC.O=CNCC(=O)N1CCCC1. The summed E-state index contributed by atoms with van der Waals surface area (Å²) in [5.41, 5.74) is 6.40. The average molecular weight is 781 g/mol. The normalized spacial score (nSPS) is 14.5. The number of benzene rings is 1. The molecule has 13 nitrogen and oxygen atoms in total. The lowest BCUT2D eigenvalue weighted by atomic mass is 10.1. The summed E-state index contributed by atoms with van der Waals surface area (Å²) < 4.78 is 6.70. The molecule has 0 bridgehead atoms. The molecule has 7 rings (SSSR count). The van der Waals surface area contributed by atoms with E-state index in [-0.39, 0.29) is 36.9 Å². The number of likely N-dealkylation sites (tertiary alicyclic amines) is 2. The van der Waals surface area contributed by atoms with Crippen LogP contribution in [0.25, 0.3) is 42.8 Å². The van der Waals surface area contributed by atoms with Crippen molar-refractivity contribution < 1.29 is 23.9 Å². The zero-order chi connectivity index (χ0) is 39.5. The number of H-pyrrole nitrogens is 2. The van der Waals surface area contributed by atoms with Crippen molar-refractivity contribution in [3.63, 3.8) is 0 Å². The molecule has 2 aliphatic rings. The minimum absolute atomic E-state index is 0.0191. The second-order valence-corrected chi connectivity index (χ2v) is 14.6. The monoisotopic (exact) mass is 780 g/mol. The number of rotatable bonds is 8. The lowest BCUT2D eigenvalue weighted by Gasteiger charge is -2.23. The summed E-state index contributed by atoms with van der Waals surface area (Å²) in [7, 11) is 3.25. The molecular weight excluding hydrogens is 725 g/mol. The molecule has 0 saturated carbocycles. The Hall–Kier alpha value is -4.60. The van der Waals surface area contributed by atoms with Crippen LogP contribution in [0, 0.1) is 0 Å². The van der Waals surface area contributed by atoms with Crippen LogP contribution in [0.3, 0.4) is 0 Å². The summed E-state index contributed by atoms with van der Waals surface area (Å²) in [5.74, 6) is 0.532. The van der Waals surface area contributed by atoms with Crippen molar-refractivity contribution in [2.45, 2.75) is 79.2 Å². The molecule has 4 aromatic heterocycles. The van der Waals surface area contributed by atoms with E-state index in [1.165, 1.54) is 34.7 Å². The summed E-state index contributed by atoms with van der Waals surface area (Å²) in [6, 6.07) is 6.11. The van der Waals surface area contributed by atoms with Gasteiger partial charge in [0.25, 0.3) is 0 Å². The van der Waals surface area contributed by atoms with Gasteiger partial charge in [0, 0.05) is 68.2 Å². The number of para-hydroxylation sites is 1. The third-order valence-electron chi connectivity index (χ3n) is 8.08.